The summed E-state index contributed by atoms with van der Waals surface area (Å²) in [7, 11) is 0. The van der Waals surface area contributed by atoms with Crippen molar-refractivity contribution in [1.82, 2.24) is 10.2 Å². The van der Waals surface area contributed by atoms with Gasteiger partial charge in [0.1, 0.15) is 18.5 Å². The predicted molar refractivity (Wildman–Crippen MR) is 173 cm³/mol. The monoisotopic (exact) mass is 673 g/mol. The number of para-hydroxylation sites is 1. The number of benzene rings is 2. The summed E-state index contributed by atoms with van der Waals surface area (Å²) < 4.78 is 48.2. The number of aliphatic carboxylic acids is 1. The van der Waals surface area contributed by atoms with Gasteiger partial charge in [0.05, 0.1) is 17.4 Å². The number of ether oxygens (including phenoxy) is 1. The number of halogens is 3. The van der Waals surface area contributed by atoms with Crippen LogP contribution >= 0.6 is 0 Å². The maximum absolute atomic E-state index is 14.6. The molecular weight excluding hydrogens is 631 g/mol. The van der Waals surface area contributed by atoms with E-state index in [4.69, 9.17) is 4.74 Å². The van der Waals surface area contributed by atoms with E-state index in [0.717, 1.165) is 11.6 Å². The number of hydrogen-bond donors (Lipinski definition) is 3. The van der Waals surface area contributed by atoms with Gasteiger partial charge in [0, 0.05) is 24.8 Å². The van der Waals surface area contributed by atoms with E-state index in [2.05, 4.69) is 10.6 Å². The maximum Gasteiger partial charge on any atom is 0.313 e. The van der Waals surface area contributed by atoms with Gasteiger partial charge in [0.15, 0.2) is 17.3 Å². The molecule has 13 heteroatoms. The fourth-order valence-electron chi connectivity index (χ4n) is 5.44. The lowest BCUT2D eigenvalue weighted by atomic mass is 9.83. The molecule has 0 unspecified atom stereocenters. The van der Waals surface area contributed by atoms with Gasteiger partial charge >= 0.3 is 17.8 Å². The zero-order chi connectivity index (χ0) is 35.8. The van der Waals surface area contributed by atoms with Gasteiger partial charge in [-0.25, -0.2) is 8.78 Å². The number of carbonyl (C=O) groups is 5. The third kappa shape index (κ3) is 9.45. The quantitative estimate of drug-likeness (QED) is 0.215. The smallest absolute Gasteiger partial charge is 0.313 e. The van der Waals surface area contributed by atoms with Crippen molar-refractivity contribution in [2.24, 2.45) is 5.41 Å². The number of carbonyl (C=O) groups excluding carboxylic acids is 4. The van der Waals surface area contributed by atoms with Crippen molar-refractivity contribution in [1.29, 1.82) is 0 Å². The van der Waals surface area contributed by atoms with Crippen LogP contribution < -0.4 is 15.4 Å². The lowest BCUT2D eigenvalue weighted by molar-refractivity contribution is -0.146. The van der Waals surface area contributed by atoms with E-state index in [0.29, 0.717) is 31.0 Å². The van der Waals surface area contributed by atoms with E-state index in [1.54, 1.807) is 19.1 Å². The average molecular weight is 674 g/mol. The van der Waals surface area contributed by atoms with Gasteiger partial charge < -0.3 is 25.4 Å². The number of allylic oxidation sites excluding steroid dienone is 1. The zero-order valence-electron chi connectivity index (χ0n) is 27.8. The molecule has 1 fully saturated rings. The summed E-state index contributed by atoms with van der Waals surface area (Å²) in [6.07, 6.45) is 3.41. The summed E-state index contributed by atoms with van der Waals surface area (Å²) in [4.78, 5) is 66.1. The molecule has 0 aromatic heterocycles. The molecule has 0 bridgehead atoms. The summed E-state index contributed by atoms with van der Waals surface area (Å²) in [5, 5.41) is 14.6. The molecule has 10 nitrogen and oxygen atoms in total. The maximum atomic E-state index is 14.6. The number of likely N-dealkylation sites (tertiary alicyclic amines) is 1. The van der Waals surface area contributed by atoms with Crippen molar-refractivity contribution in [3.8, 4) is 5.75 Å². The third-order valence-electron chi connectivity index (χ3n) is 8.08. The highest BCUT2D eigenvalue weighted by Crippen LogP contribution is 2.32. The highest BCUT2D eigenvalue weighted by molar-refractivity contribution is 6.39. The number of carboxylic acids is 1. The van der Waals surface area contributed by atoms with Gasteiger partial charge in [0.2, 0.25) is 11.7 Å². The van der Waals surface area contributed by atoms with Crippen LogP contribution in [0.2, 0.25) is 0 Å². The summed E-state index contributed by atoms with van der Waals surface area (Å²) in [6.45, 7) is 8.14. The van der Waals surface area contributed by atoms with Crippen LogP contribution in [-0.4, -0.2) is 65.2 Å². The topological polar surface area (TPSA) is 142 Å². The molecule has 3 amide bonds. The van der Waals surface area contributed by atoms with Gasteiger partial charge in [-0.3, -0.25) is 24.0 Å². The molecule has 2 aromatic carbocycles. The van der Waals surface area contributed by atoms with Crippen molar-refractivity contribution < 1.29 is 47.0 Å². The number of carboxylic acid groups (broad SMARTS) is 1. The molecular formula is C35H42F3N3O7. The number of hydrogen-bond acceptors (Lipinski definition) is 6. The largest absolute Gasteiger partial charge is 0.482 e. The van der Waals surface area contributed by atoms with Crippen molar-refractivity contribution >= 4 is 41.2 Å². The zero-order valence-corrected chi connectivity index (χ0v) is 27.8. The molecule has 0 radical (unpaired) electrons. The first-order chi connectivity index (χ1) is 22.5. The predicted octanol–water partition coefficient (Wildman–Crippen LogP) is 5.39. The van der Waals surface area contributed by atoms with Gasteiger partial charge in [-0.2, -0.15) is 4.39 Å². The molecule has 0 aliphatic carbocycles. The number of nitrogens with zero attached hydrogens (tertiary/aromatic N) is 1. The van der Waals surface area contributed by atoms with Crippen LogP contribution in [-0.2, 0) is 29.4 Å². The van der Waals surface area contributed by atoms with Crippen LogP contribution in [0.1, 0.15) is 77.8 Å². The molecule has 2 aromatic rings. The Labute approximate surface area is 277 Å². The Kier molecular flexibility index (Phi) is 12.5. The molecule has 260 valence electrons. The molecule has 48 heavy (non-hydrogen) atoms. The summed E-state index contributed by atoms with van der Waals surface area (Å²) >= 11 is 0. The Morgan fingerprint density at radius 1 is 1.08 bits per heavy atom. The highest BCUT2D eigenvalue weighted by atomic mass is 19.2. The van der Waals surface area contributed by atoms with Crippen LogP contribution in [0, 0.1) is 22.9 Å². The average Bonchev–Trinajstić information content (AvgIpc) is 3.22. The first kappa shape index (κ1) is 37.8. The number of anilines is 1. The van der Waals surface area contributed by atoms with E-state index in [1.165, 1.54) is 17.9 Å². The van der Waals surface area contributed by atoms with E-state index in [9.17, 15) is 42.3 Å². The van der Waals surface area contributed by atoms with Crippen LogP contribution in [0.4, 0.5) is 18.9 Å². The van der Waals surface area contributed by atoms with E-state index < -0.39 is 82.7 Å². The van der Waals surface area contributed by atoms with Crippen LogP contribution in [0.3, 0.4) is 0 Å². The highest BCUT2D eigenvalue weighted by Gasteiger charge is 2.41. The molecule has 1 saturated heterocycles. The number of rotatable bonds is 11. The molecule has 1 aliphatic heterocycles. The minimum atomic E-state index is -1.66. The number of Topliss-reactive ketones (excluding diaryl/α,β-unsaturated/α-hetero) is 1. The molecule has 1 heterocycles. The van der Waals surface area contributed by atoms with Gasteiger partial charge in [-0.15, -0.1) is 0 Å². The van der Waals surface area contributed by atoms with Gasteiger partial charge in [0.25, 0.3) is 0 Å². The number of amides is 3. The second kappa shape index (κ2) is 15.9. The van der Waals surface area contributed by atoms with Crippen LogP contribution in [0.25, 0.3) is 6.08 Å². The molecule has 2 atom stereocenters. The summed E-state index contributed by atoms with van der Waals surface area (Å²) in [5.41, 5.74) is -0.793. The Balaban J connectivity index is 1.77. The first-order valence-electron chi connectivity index (χ1n) is 15.7. The Hall–Kier alpha value is -4.68. The lowest BCUT2D eigenvalue weighted by Gasteiger charge is -2.33. The van der Waals surface area contributed by atoms with Crippen molar-refractivity contribution in [3.05, 3.63) is 65.0 Å². The number of nitrogens with one attached hydrogen (secondary N) is 2. The number of ketones is 1. The van der Waals surface area contributed by atoms with Crippen LogP contribution in [0.15, 0.2) is 36.4 Å². The van der Waals surface area contributed by atoms with Gasteiger partial charge in [-0.1, -0.05) is 64.5 Å². The Morgan fingerprint density at radius 2 is 1.77 bits per heavy atom. The molecule has 0 spiro atoms. The van der Waals surface area contributed by atoms with Crippen molar-refractivity contribution in [2.45, 2.75) is 78.2 Å². The van der Waals surface area contributed by atoms with Gasteiger partial charge in [-0.05, 0) is 43.2 Å². The summed E-state index contributed by atoms with van der Waals surface area (Å²) in [6, 6.07) is 5.78. The SMILES string of the molecule is CCC=Cc1c(F)cc(F)c(F)c1OCC(=O)[C@H](CC(=O)O)NC(=O)[C@]1(C)CCCCN(C(=O)C(=O)Nc2ccccc2C(C)(C)C)C1. The van der Waals surface area contributed by atoms with Crippen LogP contribution in [0.5, 0.6) is 5.75 Å². The standard InChI is InChI=1S/C35H42F3N3O7/c1-6-7-12-21-23(36)17-24(37)29(38)30(21)48-19-27(42)26(18-28(43)44)40-33(47)35(5)15-10-11-16-41(20-35)32(46)31(45)39-25-14-9-8-13-22(25)34(2,3)4/h7-9,12-14,17,26H,6,10-11,15-16,18-20H2,1-5H3,(H,39,45)(H,40,47)(H,43,44)/t26-,35+/m0/s1. The molecule has 3 N–H and O–H groups in total. The lowest BCUT2D eigenvalue weighted by Crippen LogP contribution is -2.53. The fourth-order valence-corrected chi connectivity index (χ4v) is 5.44. The normalized spacial score (nSPS) is 17.4. The molecule has 0 saturated carbocycles. The second-order valence-corrected chi connectivity index (χ2v) is 13.1. The van der Waals surface area contributed by atoms with E-state index >= 15 is 0 Å². The van der Waals surface area contributed by atoms with Crippen molar-refractivity contribution in [3.63, 3.8) is 0 Å². The second-order valence-electron chi connectivity index (χ2n) is 13.1. The molecule has 3 rings (SSSR count). The van der Waals surface area contributed by atoms with E-state index in [-0.39, 0.29) is 24.9 Å². The minimum absolute atomic E-state index is 0.186. The molecule has 1 aliphatic rings. The first-order valence-corrected chi connectivity index (χ1v) is 15.7. The minimum Gasteiger partial charge on any atom is -0.482 e. The fraction of sp³-hybridized carbons (Fsp3) is 0.457. The Bertz CT molecular complexity index is 1590. The Morgan fingerprint density at radius 3 is 2.42 bits per heavy atom. The van der Waals surface area contributed by atoms with Crippen molar-refractivity contribution in [2.75, 3.05) is 25.0 Å². The van der Waals surface area contributed by atoms with E-state index in [1.807, 2.05) is 32.9 Å². The third-order valence-corrected chi connectivity index (χ3v) is 8.08. The summed E-state index contributed by atoms with van der Waals surface area (Å²) in [5.74, 6) is -10.0.